The highest BCUT2D eigenvalue weighted by atomic mass is 19.2. The molecule has 2 nitrogen and oxygen atoms in total. The van der Waals surface area contributed by atoms with Crippen LogP contribution < -0.4 is 4.90 Å². The standard InChI is InChI=1S/C19H19F2NO/c1-3-13-9-10-22(17-8-7-12(2)11-15(13)17)19(23)14-5-4-6-16(20)18(14)21/h4-8,11,13H,3,9-10H2,1-2H3. The maximum absolute atomic E-state index is 14.0. The second-order valence-corrected chi connectivity index (χ2v) is 6.01. The number of carbonyl (C=O) groups excluding carboxylic acids is 1. The van der Waals surface area contributed by atoms with Crippen molar-refractivity contribution in [2.24, 2.45) is 0 Å². The van der Waals surface area contributed by atoms with Gasteiger partial charge < -0.3 is 4.90 Å². The average Bonchev–Trinajstić information content (AvgIpc) is 2.55. The van der Waals surface area contributed by atoms with Gasteiger partial charge in [-0.3, -0.25) is 4.79 Å². The predicted octanol–water partition coefficient (Wildman–Crippen LogP) is 4.82. The van der Waals surface area contributed by atoms with Gasteiger partial charge in [0.25, 0.3) is 5.91 Å². The molecule has 1 heterocycles. The van der Waals surface area contributed by atoms with Crippen molar-refractivity contribution in [2.45, 2.75) is 32.6 Å². The monoisotopic (exact) mass is 315 g/mol. The van der Waals surface area contributed by atoms with E-state index in [1.165, 1.54) is 12.1 Å². The third-order valence-electron chi connectivity index (χ3n) is 4.53. The molecular weight excluding hydrogens is 296 g/mol. The molecule has 0 bridgehead atoms. The molecule has 0 aromatic heterocycles. The molecule has 1 amide bonds. The first-order valence-corrected chi connectivity index (χ1v) is 7.89. The molecule has 4 heteroatoms. The van der Waals surface area contributed by atoms with Crippen molar-refractivity contribution < 1.29 is 13.6 Å². The quantitative estimate of drug-likeness (QED) is 0.778. The molecule has 0 fully saturated rings. The Bertz CT molecular complexity index is 757. The molecule has 1 aliphatic rings. The number of benzene rings is 2. The van der Waals surface area contributed by atoms with Crippen LogP contribution >= 0.6 is 0 Å². The van der Waals surface area contributed by atoms with Crippen LogP contribution in [0.1, 0.15) is 47.2 Å². The largest absolute Gasteiger partial charge is 0.308 e. The number of nitrogens with zero attached hydrogens (tertiary/aromatic N) is 1. The van der Waals surface area contributed by atoms with Gasteiger partial charge in [-0.05, 0) is 49.4 Å². The van der Waals surface area contributed by atoms with Gasteiger partial charge in [0.1, 0.15) is 0 Å². The summed E-state index contributed by atoms with van der Waals surface area (Å²) in [5.41, 5.74) is 2.84. The number of hydrogen-bond acceptors (Lipinski definition) is 1. The van der Waals surface area contributed by atoms with E-state index in [1.807, 2.05) is 19.1 Å². The Labute approximate surface area is 134 Å². The van der Waals surface area contributed by atoms with Crippen LogP contribution in [0.4, 0.5) is 14.5 Å². The van der Waals surface area contributed by atoms with Gasteiger partial charge in [0, 0.05) is 12.2 Å². The summed E-state index contributed by atoms with van der Waals surface area (Å²) in [5, 5.41) is 0. The zero-order valence-electron chi connectivity index (χ0n) is 13.3. The van der Waals surface area contributed by atoms with Crippen LogP contribution in [-0.4, -0.2) is 12.5 Å². The van der Waals surface area contributed by atoms with Crippen LogP contribution in [0.3, 0.4) is 0 Å². The zero-order valence-corrected chi connectivity index (χ0v) is 13.3. The van der Waals surface area contributed by atoms with Gasteiger partial charge in [0.05, 0.1) is 5.56 Å². The molecule has 0 saturated carbocycles. The van der Waals surface area contributed by atoms with Gasteiger partial charge in [0.2, 0.25) is 0 Å². The number of amides is 1. The third kappa shape index (κ3) is 2.74. The number of fused-ring (bicyclic) bond motifs is 1. The highest BCUT2D eigenvalue weighted by Crippen LogP contribution is 2.38. The summed E-state index contributed by atoms with van der Waals surface area (Å²) in [6.45, 7) is 4.66. The Balaban J connectivity index is 2.04. The molecule has 0 aliphatic carbocycles. The number of hydrogen-bond donors (Lipinski definition) is 0. The van der Waals surface area contributed by atoms with E-state index in [1.54, 1.807) is 4.90 Å². The van der Waals surface area contributed by atoms with Gasteiger partial charge in [-0.2, -0.15) is 0 Å². The third-order valence-corrected chi connectivity index (χ3v) is 4.53. The SMILES string of the molecule is CCC1CCN(C(=O)c2cccc(F)c2F)c2ccc(C)cc21. The van der Waals surface area contributed by atoms with Crippen LogP contribution in [0.2, 0.25) is 0 Å². The van der Waals surface area contributed by atoms with Crippen molar-refractivity contribution in [3.8, 4) is 0 Å². The van der Waals surface area contributed by atoms with Crippen LogP contribution in [0.15, 0.2) is 36.4 Å². The summed E-state index contributed by atoms with van der Waals surface area (Å²) in [7, 11) is 0. The summed E-state index contributed by atoms with van der Waals surface area (Å²) >= 11 is 0. The molecule has 2 aromatic carbocycles. The first-order chi connectivity index (χ1) is 11.0. The summed E-state index contributed by atoms with van der Waals surface area (Å²) in [6, 6.07) is 9.65. The van der Waals surface area contributed by atoms with Gasteiger partial charge in [-0.25, -0.2) is 8.78 Å². The van der Waals surface area contributed by atoms with Crippen LogP contribution in [0.5, 0.6) is 0 Å². The minimum Gasteiger partial charge on any atom is -0.308 e. The van der Waals surface area contributed by atoms with E-state index in [4.69, 9.17) is 0 Å². The number of halogens is 2. The summed E-state index contributed by atoms with van der Waals surface area (Å²) in [6.07, 6.45) is 1.82. The van der Waals surface area contributed by atoms with E-state index in [-0.39, 0.29) is 5.56 Å². The lowest BCUT2D eigenvalue weighted by Crippen LogP contribution is -2.37. The number of rotatable bonds is 2. The highest BCUT2D eigenvalue weighted by Gasteiger charge is 2.30. The Morgan fingerprint density at radius 3 is 2.78 bits per heavy atom. The summed E-state index contributed by atoms with van der Waals surface area (Å²) in [5.74, 6) is -2.17. The Morgan fingerprint density at radius 1 is 1.26 bits per heavy atom. The molecule has 1 aliphatic heterocycles. The molecule has 0 saturated heterocycles. The molecule has 120 valence electrons. The minimum absolute atomic E-state index is 0.216. The van der Waals surface area contributed by atoms with Gasteiger partial charge in [-0.15, -0.1) is 0 Å². The fraction of sp³-hybridized carbons (Fsp3) is 0.316. The Kier molecular flexibility index (Phi) is 4.16. The van der Waals surface area contributed by atoms with E-state index in [2.05, 4.69) is 13.0 Å². The molecular formula is C19H19F2NO. The van der Waals surface area contributed by atoms with Crippen molar-refractivity contribution in [3.05, 3.63) is 64.7 Å². The lowest BCUT2D eigenvalue weighted by Gasteiger charge is -2.34. The van der Waals surface area contributed by atoms with E-state index in [0.29, 0.717) is 12.5 Å². The van der Waals surface area contributed by atoms with Crippen molar-refractivity contribution in [2.75, 3.05) is 11.4 Å². The lowest BCUT2D eigenvalue weighted by molar-refractivity contribution is 0.0979. The highest BCUT2D eigenvalue weighted by molar-refractivity contribution is 6.07. The van der Waals surface area contributed by atoms with Crippen LogP contribution in [-0.2, 0) is 0 Å². The first-order valence-electron chi connectivity index (χ1n) is 7.89. The molecule has 0 spiro atoms. The average molecular weight is 315 g/mol. The van der Waals surface area contributed by atoms with Crippen molar-refractivity contribution in [1.29, 1.82) is 0 Å². The van der Waals surface area contributed by atoms with Gasteiger partial charge in [-0.1, -0.05) is 30.7 Å². The number of carbonyl (C=O) groups is 1. The van der Waals surface area contributed by atoms with E-state index in [0.717, 1.165) is 35.7 Å². The smallest absolute Gasteiger partial charge is 0.261 e. The van der Waals surface area contributed by atoms with E-state index < -0.39 is 17.5 Å². The molecule has 3 rings (SSSR count). The van der Waals surface area contributed by atoms with Crippen molar-refractivity contribution in [3.63, 3.8) is 0 Å². The lowest BCUT2D eigenvalue weighted by atomic mass is 9.86. The topological polar surface area (TPSA) is 20.3 Å². The van der Waals surface area contributed by atoms with Gasteiger partial charge >= 0.3 is 0 Å². The molecule has 23 heavy (non-hydrogen) atoms. The maximum atomic E-state index is 14.0. The molecule has 2 aromatic rings. The second-order valence-electron chi connectivity index (χ2n) is 6.01. The molecule has 0 N–H and O–H groups in total. The Morgan fingerprint density at radius 2 is 2.04 bits per heavy atom. The summed E-state index contributed by atoms with van der Waals surface area (Å²) < 4.78 is 27.4. The number of anilines is 1. The van der Waals surface area contributed by atoms with Crippen molar-refractivity contribution in [1.82, 2.24) is 0 Å². The van der Waals surface area contributed by atoms with Crippen molar-refractivity contribution >= 4 is 11.6 Å². The van der Waals surface area contributed by atoms with E-state index >= 15 is 0 Å². The van der Waals surface area contributed by atoms with E-state index in [9.17, 15) is 13.6 Å². The second kappa shape index (κ2) is 6.11. The van der Waals surface area contributed by atoms with Gasteiger partial charge in [0.15, 0.2) is 11.6 Å². The zero-order chi connectivity index (χ0) is 16.6. The van der Waals surface area contributed by atoms with Crippen LogP contribution in [0, 0.1) is 18.6 Å². The molecule has 1 atom stereocenters. The fourth-order valence-electron chi connectivity index (χ4n) is 3.26. The fourth-order valence-corrected chi connectivity index (χ4v) is 3.26. The number of aryl methyl sites for hydroxylation is 1. The summed E-state index contributed by atoms with van der Waals surface area (Å²) in [4.78, 5) is 14.3. The maximum Gasteiger partial charge on any atom is 0.261 e. The predicted molar refractivity (Wildman–Crippen MR) is 86.9 cm³/mol. The Hall–Kier alpha value is -2.23. The minimum atomic E-state index is -1.08. The first kappa shape index (κ1) is 15.7. The van der Waals surface area contributed by atoms with Crippen LogP contribution in [0.25, 0.3) is 0 Å². The molecule has 1 unspecified atom stereocenters. The molecule has 0 radical (unpaired) electrons. The normalized spacial score (nSPS) is 17.0.